The molecule has 0 radical (unpaired) electrons. The number of benzene rings is 2. The lowest BCUT2D eigenvalue weighted by molar-refractivity contribution is 0.0478. The summed E-state index contributed by atoms with van der Waals surface area (Å²) < 4.78 is 5.35. The molecular weight excluding hydrogens is 580 g/mol. The Balaban J connectivity index is 1.32. The minimum absolute atomic E-state index is 0.115. The van der Waals surface area contributed by atoms with Crippen molar-refractivity contribution in [3.8, 4) is 0 Å². The fourth-order valence-corrected chi connectivity index (χ4v) is 5.82. The number of carbonyl (C=O) groups excluding carboxylic acids is 2. The Morgan fingerprint density at radius 1 is 0.652 bits per heavy atom. The highest BCUT2D eigenvalue weighted by Gasteiger charge is 2.33. The summed E-state index contributed by atoms with van der Waals surface area (Å²) in [6, 6.07) is 27.2. The molecule has 46 heavy (non-hydrogen) atoms. The highest BCUT2D eigenvalue weighted by atomic mass is 16.5. The molecule has 0 aliphatic carbocycles. The van der Waals surface area contributed by atoms with Crippen molar-refractivity contribution in [2.75, 3.05) is 44.4 Å². The van der Waals surface area contributed by atoms with Gasteiger partial charge in [-0.1, -0.05) is 30.3 Å². The molecule has 1 N–H and O–H groups in total. The molecule has 0 fully saturated rings. The second-order valence-corrected chi connectivity index (χ2v) is 11.1. The molecule has 10 heteroatoms. The first-order valence-electron chi connectivity index (χ1n) is 15.4. The Morgan fingerprint density at radius 2 is 1.26 bits per heavy atom. The number of carbonyl (C=O) groups is 2. The van der Waals surface area contributed by atoms with E-state index in [1.165, 1.54) is 4.90 Å². The van der Waals surface area contributed by atoms with Crippen molar-refractivity contribution in [2.24, 2.45) is 0 Å². The molecule has 1 aliphatic rings. The summed E-state index contributed by atoms with van der Waals surface area (Å²) in [6.45, 7) is 3.49. The lowest BCUT2D eigenvalue weighted by Crippen LogP contribution is -2.42. The predicted octanol–water partition coefficient (Wildman–Crippen LogP) is 4.34. The third-order valence-electron chi connectivity index (χ3n) is 7.99. The first-order chi connectivity index (χ1) is 22.6. The smallest absolute Gasteiger partial charge is 0.261 e. The van der Waals surface area contributed by atoms with Gasteiger partial charge in [-0.15, -0.1) is 0 Å². The van der Waals surface area contributed by atoms with Crippen molar-refractivity contribution in [3.05, 3.63) is 132 Å². The minimum atomic E-state index is -0.346. The molecular formula is C36H36N6O4. The molecule has 0 bridgehead atoms. The van der Waals surface area contributed by atoms with Crippen molar-refractivity contribution >= 4 is 28.3 Å². The second kappa shape index (κ2) is 14.8. The molecule has 0 spiro atoms. The largest absolute Gasteiger partial charge is 0.394 e. The fraction of sp³-hybridized carbons (Fsp3) is 0.250. The molecule has 3 aromatic heterocycles. The number of nitrogens with zero attached hydrogens (tertiary/aromatic N) is 6. The van der Waals surface area contributed by atoms with E-state index >= 15 is 0 Å². The maximum atomic E-state index is 13.6. The number of ether oxygens (including phenoxy) is 1. The zero-order valence-electron chi connectivity index (χ0n) is 25.5. The van der Waals surface area contributed by atoms with Crippen LogP contribution in [0.4, 0.5) is 5.69 Å². The van der Waals surface area contributed by atoms with Gasteiger partial charge in [0.25, 0.3) is 11.8 Å². The van der Waals surface area contributed by atoms with E-state index < -0.39 is 0 Å². The number of aliphatic hydroxyl groups excluding tert-OH is 1. The third kappa shape index (κ3) is 7.10. The number of hydrogen-bond donors (Lipinski definition) is 1. The van der Waals surface area contributed by atoms with Crippen LogP contribution in [0.3, 0.4) is 0 Å². The number of hydrogen-bond acceptors (Lipinski definition) is 9. The summed E-state index contributed by atoms with van der Waals surface area (Å²) in [5.74, 6) is -0.693. The van der Waals surface area contributed by atoms with Crippen LogP contribution in [0.2, 0.25) is 0 Å². The first-order valence-corrected chi connectivity index (χ1v) is 15.4. The molecule has 0 unspecified atom stereocenters. The standard InChI is InChI=1S/C36H36N6O4/c43-21-23-46-22-20-42-35(44)31-12-7-11-30-33(14-13-32(34(30)31)36(42)45)41(26-29-10-3-6-17-39-29)19-18-40(24-27-8-1-4-15-37-27)25-28-9-2-5-16-38-28/h1-17,43H,18-26H2. The number of pyridine rings is 3. The van der Waals surface area contributed by atoms with Gasteiger partial charge >= 0.3 is 0 Å². The first kappa shape index (κ1) is 31.0. The monoisotopic (exact) mass is 616 g/mol. The molecule has 0 saturated heterocycles. The molecule has 10 nitrogen and oxygen atoms in total. The lowest BCUT2D eigenvalue weighted by Gasteiger charge is -2.32. The maximum Gasteiger partial charge on any atom is 0.261 e. The van der Waals surface area contributed by atoms with Gasteiger partial charge in [0, 0.05) is 72.4 Å². The molecule has 2 aromatic carbocycles. The van der Waals surface area contributed by atoms with E-state index in [1.54, 1.807) is 12.3 Å². The number of aromatic nitrogens is 3. The molecule has 0 atom stereocenters. The topological polar surface area (TPSA) is 112 Å². The van der Waals surface area contributed by atoms with Crippen molar-refractivity contribution in [1.29, 1.82) is 0 Å². The van der Waals surface area contributed by atoms with Gasteiger partial charge < -0.3 is 14.7 Å². The highest BCUT2D eigenvalue weighted by molar-refractivity contribution is 6.26. The SMILES string of the molecule is O=C1c2cccc3c(N(CCN(Cc4ccccn4)Cc4ccccn4)Cc4ccccn4)ccc(c23)C(=O)N1CCOCCO. The summed E-state index contributed by atoms with van der Waals surface area (Å²) in [5.41, 5.74) is 4.74. The second-order valence-electron chi connectivity index (χ2n) is 11.1. The Hall–Kier alpha value is -5.03. The van der Waals surface area contributed by atoms with Crippen LogP contribution in [0.5, 0.6) is 0 Å². The van der Waals surface area contributed by atoms with Crippen LogP contribution in [-0.4, -0.2) is 81.1 Å². The predicted molar refractivity (Wildman–Crippen MR) is 175 cm³/mol. The molecule has 6 rings (SSSR count). The highest BCUT2D eigenvalue weighted by Crippen LogP contribution is 2.36. The van der Waals surface area contributed by atoms with E-state index in [4.69, 9.17) is 9.84 Å². The van der Waals surface area contributed by atoms with Crippen LogP contribution in [0.15, 0.2) is 104 Å². The van der Waals surface area contributed by atoms with Gasteiger partial charge in [0.1, 0.15) is 0 Å². The van der Waals surface area contributed by atoms with Gasteiger partial charge in [-0.05, 0) is 54.6 Å². The summed E-state index contributed by atoms with van der Waals surface area (Å²) in [6.07, 6.45) is 5.40. The number of aliphatic hydroxyl groups is 1. The molecule has 234 valence electrons. The number of amides is 2. The van der Waals surface area contributed by atoms with Gasteiger partial charge in [-0.25, -0.2) is 0 Å². The minimum Gasteiger partial charge on any atom is -0.394 e. The summed E-state index contributed by atoms with van der Waals surface area (Å²) in [7, 11) is 0. The Kier molecular flexibility index (Phi) is 9.99. The van der Waals surface area contributed by atoms with Crippen LogP contribution in [0.25, 0.3) is 10.8 Å². The third-order valence-corrected chi connectivity index (χ3v) is 7.99. The van der Waals surface area contributed by atoms with E-state index in [0.29, 0.717) is 49.2 Å². The van der Waals surface area contributed by atoms with Crippen LogP contribution in [-0.2, 0) is 24.4 Å². The van der Waals surface area contributed by atoms with Crippen LogP contribution in [0.1, 0.15) is 37.8 Å². The average molecular weight is 617 g/mol. The molecule has 1 aliphatic heterocycles. The maximum absolute atomic E-state index is 13.6. The van der Waals surface area contributed by atoms with Gasteiger partial charge in [0.15, 0.2) is 0 Å². The summed E-state index contributed by atoms with van der Waals surface area (Å²) >= 11 is 0. The molecule has 5 aromatic rings. The van der Waals surface area contributed by atoms with E-state index in [2.05, 4.69) is 24.8 Å². The fourth-order valence-electron chi connectivity index (χ4n) is 5.82. The Labute approximate surface area is 267 Å². The van der Waals surface area contributed by atoms with Gasteiger partial charge in [0.05, 0.1) is 50.0 Å². The van der Waals surface area contributed by atoms with Crippen molar-refractivity contribution in [1.82, 2.24) is 24.8 Å². The lowest BCUT2D eigenvalue weighted by atomic mass is 9.92. The quantitative estimate of drug-likeness (QED) is 0.136. The average Bonchev–Trinajstić information content (AvgIpc) is 3.09. The van der Waals surface area contributed by atoms with Crippen molar-refractivity contribution in [2.45, 2.75) is 19.6 Å². The molecule has 0 saturated carbocycles. The van der Waals surface area contributed by atoms with Crippen molar-refractivity contribution in [3.63, 3.8) is 0 Å². The van der Waals surface area contributed by atoms with E-state index in [1.807, 2.05) is 91.3 Å². The summed E-state index contributed by atoms with van der Waals surface area (Å²) in [4.78, 5) is 46.7. The number of imide groups is 1. The van der Waals surface area contributed by atoms with E-state index in [9.17, 15) is 9.59 Å². The zero-order valence-corrected chi connectivity index (χ0v) is 25.5. The van der Waals surface area contributed by atoms with Gasteiger partial charge in [-0.3, -0.25) is 34.3 Å². The molecule has 2 amide bonds. The Bertz CT molecular complexity index is 1710. The van der Waals surface area contributed by atoms with Crippen LogP contribution in [0, 0.1) is 0 Å². The van der Waals surface area contributed by atoms with E-state index in [-0.39, 0.29) is 38.2 Å². The number of rotatable bonds is 15. The zero-order chi connectivity index (χ0) is 31.7. The summed E-state index contributed by atoms with van der Waals surface area (Å²) in [5, 5.41) is 10.5. The van der Waals surface area contributed by atoms with Gasteiger partial charge in [-0.2, -0.15) is 0 Å². The number of anilines is 1. The van der Waals surface area contributed by atoms with Crippen molar-refractivity contribution < 1.29 is 19.4 Å². The van der Waals surface area contributed by atoms with Gasteiger partial charge in [0.2, 0.25) is 0 Å². The van der Waals surface area contributed by atoms with Crippen LogP contribution < -0.4 is 4.90 Å². The normalized spacial score (nSPS) is 12.7. The Morgan fingerprint density at radius 3 is 1.85 bits per heavy atom. The molecule has 4 heterocycles. The van der Waals surface area contributed by atoms with Crippen LogP contribution >= 0.6 is 0 Å². The van der Waals surface area contributed by atoms with E-state index in [0.717, 1.165) is 28.2 Å².